The quantitative estimate of drug-likeness (QED) is 0.935. The molecule has 0 radical (unpaired) electrons. The fourth-order valence-corrected chi connectivity index (χ4v) is 2.97. The zero-order valence-electron chi connectivity index (χ0n) is 10.6. The van der Waals surface area contributed by atoms with Crippen molar-refractivity contribution < 1.29 is 0 Å². The van der Waals surface area contributed by atoms with Crippen molar-refractivity contribution in [3.05, 3.63) is 64.4 Å². The van der Waals surface area contributed by atoms with Crippen LogP contribution in [0.25, 0.3) is 0 Å². The fourth-order valence-electron chi connectivity index (χ4n) is 2.73. The minimum Gasteiger partial charge on any atom is -0.329 e. The maximum Gasteiger partial charge on any atom is 0.0481 e. The largest absolute Gasteiger partial charge is 0.329 e. The maximum atomic E-state index is 6.28. The van der Waals surface area contributed by atoms with Gasteiger partial charge in [-0.05, 0) is 28.8 Å². The molecule has 2 N–H and O–H groups in total. The number of nitrogens with zero attached hydrogens (tertiary/aromatic N) is 2. The third-order valence-electron chi connectivity index (χ3n) is 3.65. The number of aromatic nitrogens is 1. The van der Waals surface area contributed by atoms with E-state index in [1.807, 2.05) is 24.4 Å². The van der Waals surface area contributed by atoms with Gasteiger partial charge in [-0.1, -0.05) is 29.8 Å². The van der Waals surface area contributed by atoms with E-state index < -0.39 is 0 Å². The van der Waals surface area contributed by atoms with Crippen molar-refractivity contribution in [3.8, 4) is 0 Å². The highest BCUT2D eigenvalue weighted by Crippen LogP contribution is 2.37. The molecular weight excluding hydrogens is 258 g/mol. The van der Waals surface area contributed by atoms with E-state index in [1.165, 1.54) is 16.7 Å². The molecule has 0 aliphatic carbocycles. The lowest BCUT2D eigenvalue weighted by atomic mass is 10.1. The van der Waals surface area contributed by atoms with Crippen molar-refractivity contribution in [1.29, 1.82) is 0 Å². The van der Waals surface area contributed by atoms with Gasteiger partial charge >= 0.3 is 0 Å². The summed E-state index contributed by atoms with van der Waals surface area (Å²) in [5.41, 5.74) is 9.62. The van der Waals surface area contributed by atoms with Gasteiger partial charge in [0.25, 0.3) is 0 Å². The Kier molecular flexibility index (Phi) is 3.51. The Morgan fingerprint density at radius 1 is 1.32 bits per heavy atom. The molecule has 3 rings (SSSR count). The predicted molar refractivity (Wildman–Crippen MR) is 76.7 cm³/mol. The Hall–Kier alpha value is -1.42. The van der Waals surface area contributed by atoms with Crippen molar-refractivity contribution in [2.45, 2.75) is 19.1 Å². The zero-order valence-corrected chi connectivity index (χ0v) is 11.3. The average molecular weight is 274 g/mol. The van der Waals surface area contributed by atoms with Crippen LogP contribution in [0.4, 0.5) is 0 Å². The molecule has 2 aromatic rings. The topological polar surface area (TPSA) is 42.1 Å². The van der Waals surface area contributed by atoms with Gasteiger partial charge in [0, 0.05) is 43.1 Å². The van der Waals surface area contributed by atoms with Crippen LogP contribution < -0.4 is 5.73 Å². The number of nitrogens with two attached hydrogens (primary N) is 1. The first-order chi connectivity index (χ1) is 9.29. The van der Waals surface area contributed by atoms with E-state index in [0.717, 1.165) is 18.1 Å². The second kappa shape index (κ2) is 5.29. The van der Waals surface area contributed by atoms with Crippen molar-refractivity contribution in [2.24, 2.45) is 5.73 Å². The molecule has 4 heteroatoms. The third kappa shape index (κ3) is 2.37. The third-order valence-corrected chi connectivity index (χ3v) is 4.00. The highest BCUT2D eigenvalue weighted by atomic mass is 35.5. The second-order valence-electron chi connectivity index (χ2n) is 4.83. The van der Waals surface area contributed by atoms with Crippen LogP contribution in [0.1, 0.15) is 22.7 Å². The summed E-state index contributed by atoms with van der Waals surface area (Å²) in [5.74, 6) is 0. The van der Waals surface area contributed by atoms with Crippen LogP contribution in [0, 0.1) is 0 Å². The standard InChI is InChI=1S/C15H16ClN3/c16-14-5-1-4-12-13(14)10-19(15(12)7-17)9-11-3-2-6-18-8-11/h1-6,8,15H,7,9-10,17H2. The van der Waals surface area contributed by atoms with E-state index in [9.17, 15) is 0 Å². The van der Waals surface area contributed by atoms with Gasteiger partial charge in [-0.3, -0.25) is 9.88 Å². The number of halogens is 1. The minimum absolute atomic E-state index is 0.244. The van der Waals surface area contributed by atoms with Gasteiger partial charge in [0.2, 0.25) is 0 Å². The molecule has 0 spiro atoms. The van der Waals surface area contributed by atoms with Crippen LogP contribution in [0.2, 0.25) is 5.02 Å². The van der Waals surface area contributed by atoms with Crippen molar-refractivity contribution in [2.75, 3.05) is 6.54 Å². The van der Waals surface area contributed by atoms with Crippen molar-refractivity contribution in [3.63, 3.8) is 0 Å². The zero-order chi connectivity index (χ0) is 13.2. The molecule has 1 atom stereocenters. The van der Waals surface area contributed by atoms with E-state index in [0.29, 0.717) is 6.54 Å². The summed E-state index contributed by atoms with van der Waals surface area (Å²) in [4.78, 5) is 6.52. The maximum absolute atomic E-state index is 6.28. The van der Waals surface area contributed by atoms with Gasteiger partial charge in [0.1, 0.15) is 0 Å². The molecule has 98 valence electrons. The molecule has 0 bridgehead atoms. The van der Waals surface area contributed by atoms with Crippen LogP contribution in [0.3, 0.4) is 0 Å². The van der Waals surface area contributed by atoms with Gasteiger partial charge in [0.15, 0.2) is 0 Å². The summed E-state index contributed by atoms with van der Waals surface area (Å²) in [6.07, 6.45) is 3.69. The highest BCUT2D eigenvalue weighted by molar-refractivity contribution is 6.31. The summed E-state index contributed by atoms with van der Waals surface area (Å²) in [6, 6.07) is 10.4. The molecular formula is C15H16ClN3. The summed E-state index contributed by atoms with van der Waals surface area (Å²) >= 11 is 6.28. The number of hydrogen-bond donors (Lipinski definition) is 1. The molecule has 19 heavy (non-hydrogen) atoms. The lowest BCUT2D eigenvalue weighted by Gasteiger charge is -2.23. The lowest BCUT2D eigenvalue weighted by Crippen LogP contribution is -2.27. The molecule has 0 saturated heterocycles. The monoisotopic (exact) mass is 273 g/mol. The Morgan fingerprint density at radius 3 is 2.95 bits per heavy atom. The highest BCUT2D eigenvalue weighted by Gasteiger charge is 2.30. The smallest absolute Gasteiger partial charge is 0.0481 e. The second-order valence-corrected chi connectivity index (χ2v) is 5.23. The SMILES string of the molecule is NCC1c2cccc(Cl)c2CN1Cc1cccnc1. The fraction of sp³-hybridized carbons (Fsp3) is 0.267. The number of fused-ring (bicyclic) bond motifs is 1. The van der Waals surface area contributed by atoms with Crippen LogP contribution in [-0.2, 0) is 13.1 Å². The number of pyridine rings is 1. The van der Waals surface area contributed by atoms with Crippen molar-refractivity contribution in [1.82, 2.24) is 9.88 Å². The summed E-state index contributed by atoms with van der Waals surface area (Å²) < 4.78 is 0. The molecule has 1 aromatic heterocycles. The van der Waals surface area contributed by atoms with E-state index in [1.54, 1.807) is 6.20 Å². The van der Waals surface area contributed by atoms with Crippen LogP contribution >= 0.6 is 11.6 Å². The number of rotatable bonds is 3. The first kappa shape index (κ1) is 12.6. The molecule has 0 fully saturated rings. The van der Waals surface area contributed by atoms with Gasteiger partial charge in [-0.2, -0.15) is 0 Å². The van der Waals surface area contributed by atoms with E-state index in [2.05, 4.69) is 22.0 Å². The Bertz CT molecular complexity index is 571. The molecule has 0 amide bonds. The van der Waals surface area contributed by atoms with Gasteiger partial charge < -0.3 is 5.73 Å². The predicted octanol–water partition coefficient (Wildman–Crippen LogP) is 2.75. The van der Waals surface area contributed by atoms with Gasteiger partial charge in [-0.15, -0.1) is 0 Å². The minimum atomic E-state index is 0.244. The van der Waals surface area contributed by atoms with Crippen LogP contribution in [-0.4, -0.2) is 16.4 Å². The molecule has 1 aromatic carbocycles. The molecule has 0 saturated carbocycles. The van der Waals surface area contributed by atoms with Crippen LogP contribution in [0.5, 0.6) is 0 Å². The Morgan fingerprint density at radius 2 is 2.21 bits per heavy atom. The Labute approximate surface area is 118 Å². The molecule has 1 unspecified atom stereocenters. The molecule has 1 aliphatic rings. The molecule has 1 aliphatic heterocycles. The molecule has 3 nitrogen and oxygen atoms in total. The molecule has 2 heterocycles. The normalized spacial score (nSPS) is 18.5. The van der Waals surface area contributed by atoms with E-state index in [-0.39, 0.29) is 6.04 Å². The van der Waals surface area contributed by atoms with Crippen LogP contribution in [0.15, 0.2) is 42.7 Å². The van der Waals surface area contributed by atoms with Crippen molar-refractivity contribution >= 4 is 11.6 Å². The summed E-state index contributed by atoms with van der Waals surface area (Å²) in [7, 11) is 0. The lowest BCUT2D eigenvalue weighted by molar-refractivity contribution is 0.211. The average Bonchev–Trinajstić information content (AvgIpc) is 2.79. The summed E-state index contributed by atoms with van der Waals surface area (Å²) in [6.45, 7) is 2.31. The van der Waals surface area contributed by atoms with E-state index >= 15 is 0 Å². The van der Waals surface area contributed by atoms with Gasteiger partial charge in [0.05, 0.1) is 0 Å². The summed E-state index contributed by atoms with van der Waals surface area (Å²) in [5, 5.41) is 0.838. The number of hydrogen-bond acceptors (Lipinski definition) is 3. The Balaban J connectivity index is 1.88. The first-order valence-electron chi connectivity index (χ1n) is 6.40. The van der Waals surface area contributed by atoms with E-state index in [4.69, 9.17) is 17.3 Å². The van der Waals surface area contributed by atoms with Gasteiger partial charge in [-0.25, -0.2) is 0 Å². The first-order valence-corrected chi connectivity index (χ1v) is 6.77. The number of benzene rings is 1.